The summed E-state index contributed by atoms with van der Waals surface area (Å²) >= 11 is 0. The van der Waals surface area contributed by atoms with E-state index < -0.39 is 0 Å². The van der Waals surface area contributed by atoms with Gasteiger partial charge in [-0.05, 0) is 134 Å². The van der Waals surface area contributed by atoms with Gasteiger partial charge in [0.1, 0.15) is 23.2 Å². The van der Waals surface area contributed by atoms with Crippen LogP contribution in [0.4, 0.5) is 0 Å². The van der Waals surface area contributed by atoms with Crippen LogP contribution in [0.2, 0.25) is 0 Å². The Balaban J connectivity index is 0.887. The first kappa shape index (κ1) is 43.5. The SMILES string of the molecule is CN1C=CNC1c1ccc(CCc2cc(CCc3ccc(-c4nccn4C)cc3)cc(-c3ccccc3-c3ccc(-c4cc(-c5ccc6c(c5)oc5ccccc56)ccn4)cc3-c3ccccc3)c2)cc1. The van der Waals surface area contributed by atoms with Gasteiger partial charge >= 0.3 is 0 Å². The van der Waals surface area contributed by atoms with Gasteiger partial charge in [0.15, 0.2) is 0 Å². The van der Waals surface area contributed by atoms with Gasteiger partial charge < -0.3 is 19.2 Å². The molecule has 0 aliphatic carbocycles. The summed E-state index contributed by atoms with van der Waals surface area (Å²) in [4.78, 5) is 11.7. The third kappa shape index (κ3) is 8.92. The minimum absolute atomic E-state index is 0.173. The highest BCUT2D eigenvalue weighted by atomic mass is 16.3. The number of aromatic nitrogens is 3. The van der Waals surface area contributed by atoms with E-state index in [1.807, 2.05) is 44.0 Å². The molecule has 0 saturated carbocycles. The maximum atomic E-state index is 6.28. The number of nitrogens with one attached hydrogen (secondary N) is 1. The molecule has 12 rings (SSSR count). The molecule has 11 aromatic rings. The topological polar surface area (TPSA) is 59.1 Å². The fourth-order valence-corrected chi connectivity index (χ4v) is 10.3. The molecule has 71 heavy (non-hydrogen) atoms. The van der Waals surface area contributed by atoms with Crippen molar-refractivity contribution >= 4 is 21.9 Å². The summed E-state index contributed by atoms with van der Waals surface area (Å²) in [5, 5.41) is 5.71. The fourth-order valence-electron chi connectivity index (χ4n) is 10.3. The number of imidazole rings is 1. The third-order valence-electron chi connectivity index (χ3n) is 14.2. The molecule has 0 amide bonds. The van der Waals surface area contributed by atoms with Crippen LogP contribution < -0.4 is 5.32 Å². The Morgan fingerprint density at radius 2 is 1.10 bits per heavy atom. The lowest BCUT2D eigenvalue weighted by molar-refractivity contribution is 0.340. The quantitative estimate of drug-likeness (QED) is 0.125. The Hall–Kier alpha value is -8.74. The molecule has 0 saturated heterocycles. The number of para-hydroxylation sites is 1. The van der Waals surface area contributed by atoms with Gasteiger partial charge in [0.05, 0.1) is 5.69 Å². The molecule has 0 spiro atoms. The highest BCUT2D eigenvalue weighted by Gasteiger charge is 2.19. The molecule has 1 unspecified atom stereocenters. The normalized spacial score (nSPS) is 13.3. The third-order valence-corrected chi connectivity index (χ3v) is 14.2. The average Bonchev–Trinajstić information content (AvgIpc) is 4.17. The summed E-state index contributed by atoms with van der Waals surface area (Å²) in [7, 11) is 4.15. The molecule has 1 atom stereocenters. The first-order valence-corrected chi connectivity index (χ1v) is 24.6. The first-order valence-electron chi connectivity index (χ1n) is 24.6. The zero-order chi connectivity index (χ0) is 47.7. The van der Waals surface area contributed by atoms with Crippen molar-refractivity contribution in [3.8, 4) is 67.2 Å². The average molecular weight is 920 g/mol. The second-order valence-electron chi connectivity index (χ2n) is 18.8. The van der Waals surface area contributed by atoms with Crippen molar-refractivity contribution < 1.29 is 4.42 Å². The molecule has 1 N–H and O–H groups in total. The van der Waals surface area contributed by atoms with Crippen LogP contribution >= 0.6 is 0 Å². The maximum absolute atomic E-state index is 6.28. The molecule has 6 nitrogen and oxygen atoms in total. The van der Waals surface area contributed by atoms with Gasteiger partial charge in [0, 0.05) is 67.0 Å². The number of aryl methyl sites for hydroxylation is 5. The lowest BCUT2D eigenvalue weighted by Gasteiger charge is -2.21. The van der Waals surface area contributed by atoms with Crippen LogP contribution in [0.1, 0.15) is 34.0 Å². The molecule has 0 fully saturated rings. The van der Waals surface area contributed by atoms with Crippen LogP contribution in [0.3, 0.4) is 0 Å². The van der Waals surface area contributed by atoms with Gasteiger partial charge in [-0.15, -0.1) is 0 Å². The summed E-state index contributed by atoms with van der Waals surface area (Å²) < 4.78 is 8.35. The number of benzene rings is 8. The van der Waals surface area contributed by atoms with Crippen molar-refractivity contribution in [2.24, 2.45) is 7.05 Å². The minimum atomic E-state index is 0.173. The number of furan rings is 1. The van der Waals surface area contributed by atoms with Gasteiger partial charge in [-0.1, -0.05) is 158 Å². The van der Waals surface area contributed by atoms with Crippen LogP contribution in [0, 0.1) is 0 Å². The Bertz CT molecular complexity index is 3720. The van der Waals surface area contributed by atoms with E-state index in [1.54, 1.807) is 0 Å². The lowest BCUT2D eigenvalue weighted by Crippen LogP contribution is -2.23. The second-order valence-corrected chi connectivity index (χ2v) is 18.8. The van der Waals surface area contributed by atoms with E-state index in [2.05, 4.69) is 215 Å². The van der Waals surface area contributed by atoms with Gasteiger partial charge in [0.25, 0.3) is 0 Å². The van der Waals surface area contributed by atoms with Crippen LogP contribution in [-0.2, 0) is 32.7 Å². The molecule has 8 aromatic carbocycles. The first-order chi connectivity index (χ1) is 35.0. The van der Waals surface area contributed by atoms with E-state index >= 15 is 0 Å². The summed E-state index contributed by atoms with van der Waals surface area (Å²) in [5.41, 5.74) is 20.8. The Morgan fingerprint density at radius 1 is 0.451 bits per heavy atom. The molecule has 1 aliphatic rings. The van der Waals surface area contributed by atoms with Crippen LogP contribution in [0.5, 0.6) is 0 Å². The van der Waals surface area contributed by atoms with Crippen molar-refractivity contribution in [1.29, 1.82) is 0 Å². The lowest BCUT2D eigenvalue weighted by atomic mass is 9.86. The molecular formula is C65H53N5O. The summed E-state index contributed by atoms with van der Waals surface area (Å²) in [6, 6.07) is 70.8. The summed E-state index contributed by atoms with van der Waals surface area (Å²) in [6.45, 7) is 0. The van der Waals surface area contributed by atoms with E-state index in [4.69, 9.17) is 9.40 Å². The van der Waals surface area contributed by atoms with Crippen molar-refractivity contribution in [2.75, 3.05) is 7.05 Å². The molecule has 0 radical (unpaired) electrons. The Kier molecular flexibility index (Phi) is 11.6. The van der Waals surface area contributed by atoms with Gasteiger partial charge in [-0.2, -0.15) is 0 Å². The second kappa shape index (κ2) is 19.0. The standard InChI is InChI=1S/C65H53N5O/c1-69-36-34-67-64(69)49-24-20-44(21-25-49)16-18-46-38-47(19-17-45-22-26-50(27-23-45)65-68-35-37-70(65)2)40-54(39-46)55-12-6-7-13-56(55)57-30-29-53(41-60(57)48-10-4-3-5-11-48)61-42-52(32-33-66-61)51-28-31-59-58-14-8-9-15-62(58)71-63(59)43-51/h3-15,20-43,64,67H,16-19H2,1-2H3. The van der Waals surface area contributed by atoms with E-state index in [0.717, 1.165) is 92.5 Å². The number of rotatable bonds is 13. The van der Waals surface area contributed by atoms with E-state index in [0.29, 0.717) is 0 Å². The van der Waals surface area contributed by atoms with Gasteiger partial charge in [0.2, 0.25) is 0 Å². The predicted molar refractivity (Wildman–Crippen MR) is 291 cm³/mol. The molecule has 4 heterocycles. The van der Waals surface area contributed by atoms with Crippen LogP contribution in [-0.4, -0.2) is 26.5 Å². The smallest absolute Gasteiger partial charge is 0.139 e. The molecule has 344 valence electrons. The molecule has 3 aromatic heterocycles. The highest BCUT2D eigenvalue weighted by Crippen LogP contribution is 2.41. The Labute approximate surface area is 415 Å². The maximum Gasteiger partial charge on any atom is 0.139 e. The highest BCUT2D eigenvalue weighted by molar-refractivity contribution is 6.06. The van der Waals surface area contributed by atoms with Crippen molar-refractivity contribution in [3.63, 3.8) is 0 Å². The largest absolute Gasteiger partial charge is 0.456 e. The van der Waals surface area contributed by atoms with Crippen LogP contribution in [0.25, 0.3) is 89.1 Å². The fraction of sp³-hybridized carbons (Fsp3) is 0.108. The molecule has 6 heteroatoms. The van der Waals surface area contributed by atoms with E-state index in [-0.39, 0.29) is 6.17 Å². The van der Waals surface area contributed by atoms with E-state index in [1.165, 1.54) is 50.1 Å². The molecular weight excluding hydrogens is 867 g/mol. The summed E-state index contributed by atoms with van der Waals surface area (Å²) in [6.07, 6.45) is 13.8. The van der Waals surface area contributed by atoms with Gasteiger partial charge in [-0.3, -0.25) is 4.98 Å². The minimum Gasteiger partial charge on any atom is -0.456 e. The number of pyridine rings is 1. The van der Waals surface area contributed by atoms with Crippen LogP contribution in [0.15, 0.2) is 230 Å². The zero-order valence-electron chi connectivity index (χ0n) is 40.0. The van der Waals surface area contributed by atoms with E-state index in [9.17, 15) is 0 Å². The predicted octanol–water partition coefficient (Wildman–Crippen LogP) is 15.3. The Morgan fingerprint density at radius 3 is 1.85 bits per heavy atom. The zero-order valence-corrected chi connectivity index (χ0v) is 40.0. The summed E-state index contributed by atoms with van der Waals surface area (Å²) in [5.74, 6) is 0.978. The number of hydrogen-bond acceptors (Lipinski definition) is 5. The number of nitrogens with zero attached hydrogens (tertiary/aromatic N) is 4. The molecule has 1 aliphatic heterocycles. The number of hydrogen-bond donors (Lipinski definition) is 1. The van der Waals surface area contributed by atoms with Crippen molar-refractivity contribution in [1.82, 2.24) is 24.8 Å². The monoisotopic (exact) mass is 919 g/mol. The van der Waals surface area contributed by atoms with Gasteiger partial charge in [-0.25, -0.2) is 4.98 Å². The van der Waals surface area contributed by atoms with Crippen molar-refractivity contribution in [3.05, 3.63) is 253 Å². The number of fused-ring (bicyclic) bond motifs is 3. The molecule has 0 bridgehead atoms. The van der Waals surface area contributed by atoms with Crippen molar-refractivity contribution in [2.45, 2.75) is 31.8 Å².